The summed E-state index contributed by atoms with van der Waals surface area (Å²) < 4.78 is 0. The first-order chi connectivity index (χ1) is 10.2. The Bertz CT molecular complexity index is 627. The van der Waals surface area contributed by atoms with Crippen LogP contribution in [0.2, 0.25) is 0 Å². The number of carbonyl (C=O) groups is 1. The van der Waals surface area contributed by atoms with E-state index >= 15 is 0 Å². The second-order valence-corrected chi connectivity index (χ2v) is 5.34. The van der Waals surface area contributed by atoms with Crippen LogP contribution in [-0.2, 0) is 0 Å². The van der Waals surface area contributed by atoms with E-state index in [0.29, 0.717) is 6.54 Å². The summed E-state index contributed by atoms with van der Waals surface area (Å²) in [5.74, 6) is 0. The molecule has 1 heterocycles. The van der Waals surface area contributed by atoms with Crippen LogP contribution in [0.1, 0.15) is 6.42 Å². The molecule has 21 heavy (non-hydrogen) atoms. The fraction of sp³-hybridized carbons (Fsp3) is 0.235. The number of benzene rings is 2. The molecular weight excluding hydrogens is 262 g/mol. The molecule has 2 aromatic carbocycles. The lowest BCUT2D eigenvalue weighted by molar-refractivity contribution is 0.222. The van der Waals surface area contributed by atoms with E-state index < -0.39 is 0 Å². The molecule has 0 spiro atoms. The van der Waals surface area contributed by atoms with Crippen LogP contribution in [0.4, 0.5) is 10.5 Å². The minimum absolute atomic E-state index is 0.0775. The summed E-state index contributed by atoms with van der Waals surface area (Å²) >= 11 is 0. The molecule has 0 unspecified atom stereocenters. The summed E-state index contributed by atoms with van der Waals surface area (Å²) in [5.41, 5.74) is 8.80. The van der Waals surface area contributed by atoms with Crippen molar-refractivity contribution in [1.82, 2.24) is 4.90 Å². The average molecular weight is 281 g/mol. The normalized spacial score (nSPS) is 17.8. The Labute approximate surface area is 124 Å². The SMILES string of the molecule is N[C@@H]1CCN(C(=O)Nc2ccccc2-c2ccccc2)C1. The highest BCUT2D eigenvalue weighted by atomic mass is 16.2. The highest BCUT2D eigenvalue weighted by molar-refractivity contribution is 5.94. The minimum atomic E-state index is -0.0775. The van der Waals surface area contributed by atoms with Gasteiger partial charge in [0.05, 0.1) is 5.69 Å². The number of carbonyl (C=O) groups excluding carboxylic acids is 1. The van der Waals surface area contributed by atoms with Gasteiger partial charge in [-0.05, 0) is 18.1 Å². The molecule has 0 radical (unpaired) electrons. The van der Waals surface area contributed by atoms with Gasteiger partial charge in [-0.15, -0.1) is 0 Å². The van der Waals surface area contributed by atoms with E-state index in [2.05, 4.69) is 5.32 Å². The monoisotopic (exact) mass is 281 g/mol. The third-order valence-corrected chi connectivity index (χ3v) is 3.77. The first kappa shape index (κ1) is 13.6. The van der Waals surface area contributed by atoms with E-state index in [-0.39, 0.29) is 12.1 Å². The van der Waals surface area contributed by atoms with Crippen LogP contribution < -0.4 is 11.1 Å². The second-order valence-electron chi connectivity index (χ2n) is 5.34. The number of hydrogen-bond acceptors (Lipinski definition) is 2. The van der Waals surface area contributed by atoms with Gasteiger partial charge in [0.1, 0.15) is 0 Å². The predicted molar refractivity (Wildman–Crippen MR) is 85.1 cm³/mol. The van der Waals surface area contributed by atoms with Gasteiger partial charge in [-0.2, -0.15) is 0 Å². The van der Waals surface area contributed by atoms with Crippen LogP contribution in [-0.4, -0.2) is 30.1 Å². The summed E-state index contributed by atoms with van der Waals surface area (Å²) in [6.07, 6.45) is 0.869. The second kappa shape index (κ2) is 5.97. The van der Waals surface area contributed by atoms with Crippen LogP contribution in [0.15, 0.2) is 54.6 Å². The zero-order valence-corrected chi connectivity index (χ0v) is 11.8. The molecule has 108 valence electrons. The van der Waals surface area contributed by atoms with Gasteiger partial charge in [-0.25, -0.2) is 4.79 Å². The highest BCUT2D eigenvalue weighted by Gasteiger charge is 2.23. The number of anilines is 1. The van der Waals surface area contributed by atoms with Crippen molar-refractivity contribution >= 4 is 11.7 Å². The van der Waals surface area contributed by atoms with Crippen LogP contribution in [0, 0.1) is 0 Å². The number of nitrogens with one attached hydrogen (secondary N) is 1. The molecular formula is C17H19N3O. The molecule has 0 aromatic heterocycles. The number of hydrogen-bond donors (Lipinski definition) is 2. The fourth-order valence-corrected chi connectivity index (χ4v) is 2.63. The summed E-state index contributed by atoms with van der Waals surface area (Å²) in [6.45, 7) is 1.35. The topological polar surface area (TPSA) is 58.4 Å². The number of nitrogens with zero attached hydrogens (tertiary/aromatic N) is 1. The molecule has 1 atom stereocenters. The Morgan fingerprint density at radius 1 is 1.10 bits per heavy atom. The largest absolute Gasteiger partial charge is 0.326 e. The van der Waals surface area contributed by atoms with Gasteiger partial charge >= 0.3 is 6.03 Å². The summed E-state index contributed by atoms with van der Waals surface area (Å²) in [6, 6.07) is 17.9. The zero-order valence-electron chi connectivity index (χ0n) is 11.8. The van der Waals surface area contributed by atoms with Crippen molar-refractivity contribution < 1.29 is 4.79 Å². The Kier molecular flexibility index (Phi) is 3.88. The molecule has 4 heteroatoms. The molecule has 4 nitrogen and oxygen atoms in total. The zero-order chi connectivity index (χ0) is 14.7. The Morgan fingerprint density at radius 3 is 2.52 bits per heavy atom. The predicted octanol–water partition coefficient (Wildman–Crippen LogP) is 2.92. The van der Waals surface area contributed by atoms with Crippen molar-refractivity contribution in [2.45, 2.75) is 12.5 Å². The average Bonchev–Trinajstić information content (AvgIpc) is 2.95. The first-order valence-corrected chi connectivity index (χ1v) is 7.20. The van der Waals surface area contributed by atoms with Gasteiger partial charge in [-0.3, -0.25) is 0 Å². The van der Waals surface area contributed by atoms with Crippen molar-refractivity contribution in [2.75, 3.05) is 18.4 Å². The van der Waals surface area contributed by atoms with Crippen molar-refractivity contribution in [2.24, 2.45) is 5.73 Å². The van der Waals surface area contributed by atoms with Crippen molar-refractivity contribution in [3.05, 3.63) is 54.6 Å². The molecule has 1 saturated heterocycles. The molecule has 2 amide bonds. The summed E-state index contributed by atoms with van der Waals surface area (Å²) in [5, 5.41) is 3.00. The van der Waals surface area contributed by atoms with E-state index in [1.165, 1.54) is 0 Å². The lowest BCUT2D eigenvalue weighted by Crippen LogP contribution is -2.35. The lowest BCUT2D eigenvalue weighted by Gasteiger charge is -2.18. The molecule has 0 aliphatic carbocycles. The fourth-order valence-electron chi connectivity index (χ4n) is 2.63. The van der Waals surface area contributed by atoms with Crippen LogP contribution in [0.25, 0.3) is 11.1 Å². The van der Waals surface area contributed by atoms with Crippen molar-refractivity contribution in [1.29, 1.82) is 0 Å². The number of urea groups is 1. The smallest absolute Gasteiger partial charge is 0.321 e. The van der Waals surface area contributed by atoms with E-state index in [1.54, 1.807) is 4.90 Å². The molecule has 2 aromatic rings. The standard InChI is InChI=1S/C17H19N3O/c18-14-10-11-20(12-14)17(21)19-16-9-5-4-8-15(16)13-6-2-1-3-7-13/h1-9,14H,10-12,18H2,(H,19,21)/t14-/m1/s1. The van der Waals surface area contributed by atoms with E-state index in [9.17, 15) is 4.79 Å². The molecule has 1 aliphatic rings. The third kappa shape index (κ3) is 3.06. The van der Waals surface area contributed by atoms with Crippen molar-refractivity contribution in [3.63, 3.8) is 0 Å². The van der Waals surface area contributed by atoms with Gasteiger partial charge in [0, 0.05) is 24.7 Å². The van der Waals surface area contributed by atoms with Gasteiger partial charge in [0.15, 0.2) is 0 Å². The Hall–Kier alpha value is -2.33. The number of amides is 2. The molecule has 1 aliphatic heterocycles. The number of rotatable bonds is 2. The van der Waals surface area contributed by atoms with E-state index in [0.717, 1.165) is 29.8 Å². The number of para-hydroxylation sites is 1. The van der Waals surface area contributed by atoms with Gasteiger partial charge < -0.3 is 16.0 Å². The molecule has 3 rings (SSSR count). The Balaban J connectivity index is 1.81. The van der Waals surface area contributed by atoms with Crippen molar-refractivity contribution in [3.8, 4) is 11.1 Å². The molecule has 1 fully saturated rings. The van der Waals surface area contributed by atoms with Gasteiger partial charge in [0.25, 0.3) is 0 Å². The van der Waals surface area contributed by atoms with Gasteiger partial charge in [0.2, 0.25) is 0 Å². The number of likely N-dealkylation sites (tertiary alicyclic amines) is 1. The maximum atomic E-state index is 12.3. The maximum absolute atomic E-state index is 12.3. The van der Waals surface area contributed by atoms with E-state index in [1.807, 2.05) is 54.6 Å². The van der Waals surface area contributed by atoms with Crippen LogP contribution in [0.3, 0.4) is 0 Å². The first-order valence-electron chi connectivity index (χ1n) is 7.20. The van der Waals surface area contributed by atoms with Crippen LogP contribution in [0.5, 0.6) is 0 Å². The molecule has 0 bridgehead atoms. The third-order valence-electron chi connectivity index (χ3n) is 3.77. The Morgan fingerprint density at radius 2 is 1.81 bits per heavy atom. The quantitative estimate of drug-likeness (QED) is 0.889. The lowest BCUT2D eigenvalue weighted by atomic mass is 10.0. The summed E-state index contributed by atoms with van der Waals surface area (Å²) in [4.78, 5) is 14.1. The molecule has 0 saturated carbocycles. The summed E-state index contributed by atoms with van der Waals surface area (Å²) in [7, 11) is 0. The van der Waals surface area contributed by atoms with Gasteiger partial charge in [-0.1, -0.05) is 48.5 Å². The highest BCUT2D eigenvalue weighted by Crippen LogP contribution is 2.27. The van der Waals surface area contributed by atoms with Crippen LogP contribution >= 0.6 is 0 Å². The molecule has 3 N–H and O–H groups in total. The van der Waals surface area contributed by atoms with E-state index in [4.69, 9.17) is 5.73 Å². The minimum Gasteiger partial charge on any atom is -0.326 e. The maximum Gasteiger partial charge on any atom is 0.321 e. The number of nitrogens with two attached hydrogens (primary N) is 1.